The van der Waals surface area contributed by atoms with Crippen molar-refractivity contribution in [2.24, 2.45) is 0 Å². The van der Waals surface area contributed by atoms with Gasteiger partial charge in [-0.3, -0.25) is 4.79 Å². The van der Waals surface area contributed by atoms with Gasteiger partial charge in [0.15, 0.2) is 0 Å². The minimum absolute atomic E-state index is 0.115. The average molecular weight is 276 g/mol. The van der Waals surface area contributed by atoms with Crippen molar-refractivity contribution in [1.29, 1.82) is 0 Å². The molecule has 8 nitrogen and oxygen atoms in total. The fourth-order valence-corrected chi connectivity index (χ4v) is 1.12. The highest BCUT2D eigenvalue weighted by atomic mass is 16.5. The molecule has 0 aromatic rings. The van der Waals surface area contributed by atoms with Crippen LogP contribution in [-0.4, -0.2) is 67.9 Å². The number of rotatable bonds is 9. The van der Waals surface area contributed by atoms with Gasteiger partial charge in [-0.25, -0.2) is 9.59 Å². The fourth-order valence-electron chi connectivity index (χ4n) is 1.12. The maximum Gasteiger partial charge on any atom is 0.329 e. The van der Waals surface area contributed by atoms with Crippen molar-refractivity contribution in [3.8, 4) is 0 Å². The summed E-state index contributed by atoms with van der Waals surface area (Å²) in [7, 11) is 1.55. The molecule has 0 radical (unpaired) electrons. The molecular formula is C11H20N2O6. The lowest BCUT2D eigenvalue weighted by molar-refractivity contribution is -0.143. The second-order valence-electron chi connectivity index (χ2n) is 3.65. The van der Waals surface area contributed by atoms with E-state index in [4.69, 9.17) is 14.6 Å². The first-order valence-electron chi connectivity index (χ1n) is 5.91. The van der Waals surface area contributed by atoms with E-state index in [1.165, 1.54) is 4.90 Å². The van der Waals surface area contributed by atoms with Crippen LogP contribution < -0.4 is 5.32 Å². The number of esters is 1. The van der Waals surface area contributed by atoms with Gasteiger partial charge in [-0.15, -0.1) is 0 Å². The molecule has 0 aromatic heterocycles. The molecule has 0 atom stereocenters. The molecule has 0 rings (SSSR count). The number of carbonyl (C=O) groups is 3. The third kappa shape index (κ3) is 9.83. The van der Waals surface area contributed by atoms with Crippen molar-refractivity contribution in [3.05, 3.63) is 0 Å². The average Bonchev–Trinajstić information content (AvgIpc) is 2.35. The third-order valence-electron chi connectivity index (χ3n) is 2.05. The molecule has 0 bridgehead atoms. The highest BCUT2D eigenvalue weighted by molar-refractivity contribution is 5.75. The molecule has 19 heavy (non-hydrogen) atoms. The summed E-state index contributed by atoms with van der Waals surface area (Å²) in [6.45, 7) is 2.20. The SMILES string of the molecule is CCOC(=O)CCN(C)C(=O)NCCOCC(=O)O. The quantitative estimate of drug-likeness (QED) is 0.442. The molecule has 2 N–H and O–H groups in total. The maximum absolute atomic E-state index is 11.5. The lowest BCUT2D eigenvalue weighted by Crippen LogP contribution is -2.40. The Hall–Kier alpha value is -1.83. The van der Waals surface area contributed by atoms with Gasteiger partial charge in [-0.1, -0.05) is 0 Å². The fraction of sp³-hybridized carbons (Fsp3) is 0.727. The number of nitrogens with zero attached hydrogens (tertiary/aromatic N) is 1. The molecule has 0 aliphatic carbocycles. The van der Waals surface area contributed by atoms with Gasteiger partial charge in [0, 0.05) is 20.1 Å². The highest BCUT2D eigenvalue weighted by Crippen LogP contribution is 1.91. The Kier molecular flexibility index (Phi) is 9.15. The van der Waals surface area contributed by atoms with Gasteiger partial charge in [0.1, 0.15) is 6.61 Å². The molecule has 0 unspecified atom stereocenters. The van der Waals surface area contributed by atoms with E-state index in [9.17, 15) is 14.4 Å². The molecule has 0 aliphatic rings. The number of carboxylic acids is 1. The maximum atomic E-state index is 11.5. The Morgan fingerprint density at radius 1 is 1.32 bits per heavy atom. The van der Waals surface area contributed by atoms with E-state index in [1.807, 2.05) is 0 Å². The second kappa shape index (κ2) is 10.1. The van der Waals surface area contributed by atoms with Crippen molar-refractivity contribution in [2.45, 2.75) is 13.3 Å². The lowest BCUT2D eigenvalue weighted by Gasteiger charge is -2.17. The number of carboxylic acid groups (broad SMARTS) is 1. The molecule has 8 heteroatoms. The summed E-state index contributed by atoms with van der Waals surface area (Å²) in [5.41, 5.74) is 0. The number of ether oxygens (including phenoxy) is 2. The summed E-state index contributed by atoms with van der Waals surface area (Å²) < 4.78 is 9.48. The first-order chi connectivity index (χ1) is 8.97. The van der Waals surface area contributed by atoms with Crippen LogP contribution in [0.3, 0.4) is 0 Å². The standard InChI is InChI=1S/C11H20N2O6/c1-3-19-10(16)4-6-13(2)11(17)12-5-7-18-8-9(14)15/h3-8H2,1-2H3,(H,12,17)(H,14,15). The van der Waals surface area contributed by atoms with E-state index in [0.717, 1.165) is 0 Å². The number of hydrogen-bond donors (Lipinski definition) is 2. The summed E-state index contributed by atoms with van der Waals surface area (Å²) in [4.78, 5) is 34.1. The van der Waals surface area contributed by atoms with Crippen LogP contribution in [0.2, 0.25) is 0 Å². The van der Waals surface area contributed by atoms with E-state index >= 15 is 0 Å². The molecule has 0 saturated carbocycles. The largest absolute Gasteiger partial charge is 0.480 e. The topological polar surface area (TPSA) is 105 Å². The monoisotopic (exact) mass is 276 g/mol. The van der Waals surface area contributed by atoms with Gasteiger partial charge < -0.3 is 24.8 Å². The minimum Gasteiger partial charge on any atom is -0.480 e. The zero-order chi connectivity index (χ0) is 14.7. The van der Waals surface area contributed by atoms with Crippen LogP contribution in [0.25, 0.3) is 0 Å². The Balaban J connectivity index is 3.64. The number of urea groups is 1. The van der Waals surface area contributed by atoms with Gasteiger partial charge in [0.25, 0.3) is 0 Å². The van der Waals surface area contributed by atoms with Crippen LogP contribution in [0.5, 0.6) is 0 Å². The van der Waals surface area contributed by atoms with Crippen molar-refractivity contribution in [1.82, 2.24) is 10.2 Å². The van der Waals surface area contributed by atoms with E-state index < -0.39 is 12.6 Å². The Labute approximate surface area is 111 Å². The summed E-state index contributed by atoms with van der Waals surface area (Å²) in [6, 6.07) is -0.358. The molecule has 0 heterocycles. The molecule has 0 saturated heterocycles. The van der Waals surface area contributed by atoms with Crippen LogP contribution in [-0.2, 0) is 19.1 Å². The Morgan fingerprint density at radius 2 is 2.00 bits per heavy atom. The molecule has 0 spiro atoms. The predicted molar refractivity (Wildman–Crippen MR) is 65.7 cm³/mol. The Bertz CT molecular complexity index is 308. The minimum atomic E-state index is -1.06. The van der Waals surface area contributed by atoms with E-state index in [0.29, 0.717) is 6.61 Å². The van der Waals surface area contributed by atoms with Crippen molar-refractivity contribution in [2.75, 3.05) is 40.0 Å². The molecule has 0 aliphatic heterocycles. The summed E-state index contributed by atoms with van der Waals surface area (Å²) >= 11 is 0. The van der Waals surface area contributed by atoms with Crippen LogP contribution in [0.15, 0.2) is 0 Å². The molecule has 0 fully saturated rings. The van der Waals surface area contributed by atoms with Gasteiger partial charge in [0.05, 0.1) is 19.6 Å². The van der Waals surface area contributed by atoms with E-state index in [-0.39, 0.29) is 38.1 Å². The van der Waals surface area contributed by atoms with Crippen LogP contribution >= 0.6 is 0 Å². The third-order valence-corrected chi connectivity index (χ3v) is 2.05. The van der Waals surface area contributed by atoms with E-state index in [1.54, 1.807) is 14.0 Å². The van der Waals surface area contributed by atoms with Crippen molar-refractivity contribution in [3.63, 3.8) is 0 Å². The zero-order valence-electron chi connectivity index (χ0n) is 11.2. The number of amides is 2. The van der Waals surface area contributed by atoms with Crippen LogP contribution in [0.1, 0.15) is 13.3 Å². The summed E-state index contributed by atoms with van der Waals surface area (Å²) in [6.07, 6.45) is 0.132. The van der Waals surface area contributed by atoms with E-state index in [2.05, 4.69) is 5.32 Å². The molecular weight excluding hydrogens is 256 g/mol. The van der Waals surface area contributed by atoms with Crippen molar-refractivity contribution < 1.29 is 29.0 Å². The second-order valence-corrected chi connectivity index (χ2v) is 3.65. The zero-order valence-corrected chi connectivity index (χ0v) is 11.2. The number of nitrogens with one attached hydrogen (secondary N) is 1. The smallest absolute Gasteiger partial charge is 0.329 e. The van der Waals surface area contributed by atoms with Gasteiger partial charge in [-0.2, -0.15) is 0 Å². The number of aliphatic carboxylic acids is 1. The van der Waals surface area contributed by atoms with Crippen molar-refractivity contribution >= 4 is 18.0 Å². The molecule has 110 valence electrons. The summed E-state index contributed by atoms with van der Waals surface area (Å²) in [5, 5.41) is 10.8. The molecule has 0 aromatic carbocycles. The van der Waals surface area contributed by atoms with Gasteiger partial charge >= 0.3 is 18.0 Å². The lowest BCUT2D eigenvalue weighted by atomic mass is 10.4. The van der Waals surface area contributed by atoms with Gasteiger partial charge in [0.2, 0.25) is 0 Å². The Morgan fingerprint density at radius 3 is 2.58 bits per heavy atom. The normalized spacial score (nSPS) is 9.79. The summed E-state index contributed by atoms with van der Waals surface area (Å²) in [5.74, 6) is -1.41. The van der Waals surface area contributed by atoms with Crippen LogP contribution in [0.4, 0.5) is 4.79 Å². The van der Waals surface area contributed by atoms with Gasteiger partial charge in [-0.05, 0) is 6.92 Å². The first-order valence-corrected chi connectivity index (χ1v) is 5.91. The molecule has 2 amide bonds. The predicted octanol–water partition coefficient (Wildman–Crippen LogP) is -0.318. The highest BCUT2D eigenvalue weighted by Gasteiger charge is 2.10. The number of hydrogen-bond acceptors (Lipinski definition) is 5. The van der Waals surface area contributed by atoms with Crippen LogP contribution in [0, 0.1) is 0 Å². The first kappa shape index (κ1) is 17.2. The number of carbonyl (C=O) groups excluding carboxylic acids is 2.